The highest BCUT2D eigenvalue weighted by Gasteiger charge is 2.69. The number of aromatic nitrogens is 4. The van der Waals surface area contributed by atoms with Crippen LogP contribution < -0.4 is 4.90 Å². The number of thioether (sulfide) groups is 1. The van der Waals surface area contributed by atoms with Gasteiger partial charge in [0.2, 0.25) is 6.23 Å². The molecule has 0 spiro atoms. The van der Waals surface area contributed by atoms with E-state index in [0.29, 0.717) is 28.7 Å². The number of pyridine rings is 1. The summed E-state index contributed by atoms with van der Waals surface area (Å²) in [7, 11) is 0. The van der Waals surface area contributed by atoms with E-state index in [9.17, 15) is 14.4 Å². The van der Waals surface area contributed by atoms with Crippen molar-refractivity contribution < 1.29 is 13.9 Å². The average molecular weight is 448 g/mol. The Balaban J connectivity index is 1.23. The van der Waals surface area contributed by atoms with Crippen molar-refractivity contribution in [2.75, 3.05) is 23.0 Å². The van der Waals surface area contributed by atoms with Gasteiger partial charge >= 0.3 is 6.09 Å². The number of carbonyl (C=O) groups excluding carboxylic acids is 1. The first-order valence-corrected chi connectivity index (χ1v) is 11.4. The standard InChI is InChI=1S/C22H17FN6O2S/c23-18-7-14(28-9-20(31-21(28)30)29-6-5-26-27-29)2-3-15(18)13-1-4-19(25-8-13)22(12-24)16-10-32-11-17(16)22/h1-8,16-17,20H,9-11H2/t16-,17+,20?,22+. The van der Waals surface area contributed by atoms with E-state index >= 15 is 0 Å². The molecule has 1 aromatic carbocycles. The van der Waals surface area contributed by atoms with Gasteiger partial charge in [-0.15, -0.1) is 5.10 Å². The van der Waals surface area contributed by atoms with Crippen LogP contribution in [0.25, 0.3) is 11.1 Å². The van der Waals surface area contributed by atoms with Crippen molar-refractivity contribution in [3.8, 4) is 17.2 Å². The molecule has 8 nitrogen and oxygen atoms in total. The normalized spacial score (nSPS) is 28.3. The van der Waals surface area contributed by atoms with Gasteiger partial charge in [-0.2, -0.15) is 17.0 Å². The number of ether oxygens (including phenoxy) is 1. The van der Waals surface area contributed by atoms with Crippen molar-refractivity contribution in [2.45, 2.75) is 11.6 Å². The lowest BCUT2D eigenvalue weighted by atomic mass is 9.97. The topological polar surface area (TPSA) is 96.9 Å². The van der Waals surface area contributed by atoms with Crippen molar-refractivity contribution in [3.63, 3.8) is 0 Å². The number of nitrogens with zero attached hydrogens (tertiary/aromatic N) is 6. The van der Waals surface area contributed by atoms with Crippen LogP contribution in [0.15, 0.2) is 48.9 Å². The summed E-state index contributed by atoms with van der Waals surface area (Å²) in [6, 6.07) is 10.8. The molecule has 3 aliphatic rings. The van der Waals surface area contributed by atoms with E-state index in [0.717, 1.165) is 17.2 Å². The van der Waals surface area contributed by atoms with Crippen LogP contribution in [0.1, 0.15) is 11.9 Å². The number of hydrogen-bond donors (Lipinski definition) is 0. The third kappa shape index (κ3) is 2.74. The Morgan fingerprint density at radius 3 is 2.75 bits per heavy atom. The maximum atomic E-state index is 15.0. The van der Waals surface area contributed by atoms with Gasteiger partial charge in [0.05, 0.1) is 30.2 Å². The first-order chi connectivity index (χ1) is 15.6. The van der Waals surface area contributed by atoms with Crippen LogP contribution in [0.5, 0.6) is 0 Å². The summed E-state index contributed by atoms with van der Waals surface area (Å²) in [4.78, 5) is 18.2. The highest BCUT2D eigenvalue weighted by molar-refractivity contribution is 7.99. The van der Waals surface area contributed by atoms with Gasteiger partial charge in [-0.05, 0) is 47.6 Å². The van der Waals surface area contributed by atoms with Gasteiger partial charge in [0.25, 0.3) is 0 Å². The minimum absolute atomic E-state index is 0.202. The van der Waals surface area contributed by atoms with E-state index in [1.165, 1.54) is 21.8 Å². The monoisotopic (exact) mass is 448 g/mol. The molecule has 160 valence electrons. The molecule has 4 atom stereocenters. The zero-order chi connectivity index (χ0) is 21.9. The van der Waals surface area contributed by atoms with E-state index in [4.69, 9.17) is 4.74 Å². The molecule has 1 aliphatic carbocycles. The molecular formula is C22H17FN6O2S. The van der Waals surface area contributed by atoms with E-state index in [2.05, 4.69) is 21.4 Å². The van der Waals surface area contributed by atoms with Gasteiger partial charge in [0, 0.05) is 23.5 Å². The van der Waals surface area contributed by atoms with Crippen molar-refractivity contribution in [1.29, 1.82) is 5.26 Å². The van der Waals surface area contributed by atoms with E-state index in [-0.39, 0.29) is 6.54 Å². The molecule has 1 amide bonds. The first-order valence-electron chi connectivity index (χ1n) is 10.2. The lowest BCUT2D eigenvalue weighted by molar-refractivity contribution is 0.0922. The zero-order valence-electron chi connectivity index (χ0n) is 16.8. The molecule has 3 fully saturated rings. The highest BCUT2D eigenvalue weighted by atomic mass is 32.2. The zero-order valence-corrected chi connectivity index (χ0v) is 17.6. The predicted octanol–water partition coefficient (Wildman–Crippen LogP) is 3.39. The van der Waals surface area contributed by atoms with Crippen LogP contribution in [0, 0.1) is 29.0 Å². The SMILES string of the molecule is N#C[C@]1(c2ccc(-c3ccc(N4CC(n5ccnn5)OC4=O)cc3F)cn2)[C@@H]2CSC[C@@H]21. The second-order valence-corrected chi connectivity index (χ2v) is 9.23. The summed E-state index contributed by atoms with van der Waals surface area (Å²) in [5.41, 5.74) is 1.69. The van der Waals surface area contributed by atoms with Gasteiger partial charge in [-0.3, -0.25) is 9.88 Å². The molecule has 32 heavy (non-hydrogen) atoms. The van der Waals surface area contributed by atoms with Crippen molar-refractivity contribution >= 4 is 23.5 Å². The second kappa shape index (κ2) is 7.03. The number of carbonyl (C=O) groups is 1. The maximum Gasteiger partial charge on any atom is 0.416 e. The van der Waals surface area contributed by atoms with Crippen LogP contribution >= 0.6 is 11.8 Å². The Labute approximate surface area is 187 Å². The van der Waals surface area contributed by atoms with Gasteiger partial charge < -0.3 is 4.74 Å². The molecule has 0 bridgehead atoms. The van der Waals surface area contributed by atoms with Crippen molar-refractivity contribution in [2.24, 2.45) is 11.8 Å². The van der Waals surface area contributed by atoms with Crippen LogP contribution in [-0.4, -0.2) is 44.1 Å². The Hall–Kier alpha value is -3.45. The number of nitriles is 1. The van der Waals surface area contributed by atoms with Gasteiger partial charge in [0.15, 0.2) is 0 Å². The molecule has 3 aromatic rings. The highest BCUT2D eigenvalue weighted by Crippen LogP contribution is 2.65. The van der Waals surface area contributed by atoms with Crippen LogP contribution in [-0.2, 0) is 10.2 Å². The summed E-state index contributed by atoms with van der Waals surface area (Å²) in [6.45, 7) is 0.202. The number of anilines is 1. The summed E-state index contributed by atoms with van der Waals surface area (Å²) in [6.07, 6.45) is 3.54. The second-order valence-electron chi connectivity index (χ2n) is 8.16. The van der Waals surface area contributed by atoms with Gasteiger partial charge in [0.1, 0.15) is 11.2 Å². The number of fused-ring (bicyclic) bond motifs is 1. The fourth-order valence-electron chi connectivity index (χ4n) is 4.83. The van der Waals surface area contributed by atoms with E-state index in [1.54, 1.807) is 24.5 Å². The molecule has 0 radical (unpaired) electrons. The molecular weight excluding hydrogens is 431 g/mol. The Morgan fingerprint density at radius 1 is 1.25 bits per heavy atom. The van der Waals surface area contributed by atoms with Crippen LogP contribution in [0.2, 0.25) is 0 Å². The third-order valence-corrected chi connectivity index (χ3v) is 7.81. The fourth-order valence-corrected chi connectivity index (χ4v) is 6.46. The van der Waals surface area contributed by atoms with Crippen LogP contribution in [0.3, 0.4) is 0 Å². The molecule has 4 heterocycles. The lowest BCUT2D eigenvalue weighted by Gasteiger charge is -2.15. The summed E-state index contributed by atoms with van der Waals surface area (Å²) in [5.74, 6) is 2.26. The summed E-state index contributed by atoms with van der Waals surface area (Å²) < 4.78 is 21.7. The van der Waals surface area contributed by atoms with Gasteiger partial charge in [-0.1, -0.05) is 11.3 Å². The molecule has 10 heteroatoms. The summed E-state index contributed by atoms with van der Waals surface area (Å²) in [5, 5.41) is 17.3. The average Bonchev–Trinajstić information content (AvgIpc) is 3.36. The molecule has 2 saturated heterocycles. The molecule has 1 saturated carbocycles. The lowest BCUT2D eigenvalue weighted by Crippen LogP contribution is -2.24. The largest absolute Gasteiger partial charge is 0.421 e. The molecule has 6 rings (SSSR count). The smallest absolute Gasteiger partial charge is 0.416 e. The predicted molar refractivity (Wildman–Crippen MR) is 114 cm³/mol. The number of halogens is 1. The number of rotatable bonds is 4. The number of cyclic esters (lactones) is 1. The summed E-state index contributed by atoms with van der Waals surface area (Å²) >= 11 is 1.88. The Kier molecular flexibility index (Phi) is 4.23. The number of benzene rings is 1. The fraction of sp³-hybridized carbons (Fsp3) is 0.318. The van der Waals surface area contributed by atoms with Crippen LogP contribution in [0.4, 0.5) is 14.9 Å². The molecule has 0 N–H and O–H groups in total. The Morgan fingerprint density at radius 2 is 2.09 bits per heavy atom. The maximum absolute atomic E-state index is 15.0. The third-order valence-electron chi connectivity index (χ3n) is 6.62. The molecule has 2 aliphatic heterocycles. The van der Waals surface area contributed by atoms with Crippen molar-refractivity contribution in [1.82, 2.24) is 20.0 Å². The minimum Gasteiger partial charge on any atom is -0.421 e. The number of amides is 1. The minimum atomic E-state index is -0.614. The van der Waals surface area contributed by atoms with E-state index < -0.39 is 23.6 Å². The molecule has 2 aromatic heterocycles. The Bertz CT molecular complexity index is 1230. The quantitative estimate of drug-likeness (QED) is 0.603. The first kappa shape index (κ1) is 19.3. The van der Waals surface area contributed by atoms with E-state index in [1.807, 2.05) is 23.9 Å². The van der Waals surface area contributed by atoms with Gasteiger partial charge in [-0.25, -0.2) is 13.9 Å². The number of hydrogen-bond acceptors (Lipinski definition) is 7. The molecule has 1 unspecified atom stereocenters. The van der Waals surface area contributed by atoms with Crippen molar-refractivity contribution in [3.05, 3.63) is 60.4 Å².